The van der Waals surface area contributed by atoms with E-state index in [1.807, 2.05) is 42.7 Å². The van der Waals surface area contributed by atoms with Gasteiger partial charge in [-0.05, 0) is 26.0 Å². The molecule has 7 heteroatoms. The van der Waals surface area contributed by atoms with Crippen LogP contribution in [-0.2, 0) is 21.3 Å². The fourth-order valence-electron chi connectivity index (χ4n) is 2.78. The van der Waals surface area contributed by atoms with Gasteiger partial charge >= 0.3 is 0 Å². The Bertz CT molecular complexity index is 756. The predicted molar refractivity (Wildman–Crippen MR) is 85.1 cm³/mol. The normalized spacial score (nSPS) is 23.9. The molecule has 3 rings (SSSR count). The highest BCUT2D eigenvalue weighted by molar-refractivity contribution is 7.89. The van der Waals surface area contributed by atoms with Crippen LogP contribution < -0.4 is 0 Å². The van der Waals surface area contributed by atoms with Gasteiger partial charge in [-0.25, -0.2) is 13.4 Å². The molecule has 2 atom stereocenters. The van der Waals surface area contributed by atoms with Crippen LogP contribution in [0.15, 0.2) is 30.6 Å². The van der Waals surface area contributed by atoms with E-state index >= 15 is 0 Å². The van der Waals surface area contributed by atoms with Gasteiger partial charge in [0.05, 0.1) is 35.8 Å². The van der Waals surface area contributed by atoms with Gasteiger partial charge in [0.25, 0.3) is 0 Å². The van der Waals surface area contributed by atoms with E-state index in [9.17, 15) is 8.42 Å². The highest BCUT2D eigenvalue weighted by Gasteiger charge is 2.32. The Morgan fingerprint density at radius 2 is 2.09 bits per heavy atom. The second kappa shape index (κ2) is 5.98. The van der Waals surface area contributed by atoms with E-state index in [1.54, 1.807) is 10.6 Å². The summed E-state index contributed by atoms with van der Waals surface area (Å²) in [6, 6.07) is 7.62. The first-order chi connectivity index (χ1) is 10.5. The summed E-state index contributed by atoms with van der Waals surface area (Å²) in [6.45, 7) is 5.07. The van der Waals surface area contributed by atoms with Crippen molar-refractivity contribution in [1.29, 1.82) is 0 Å². The molecular weight excluding hydrogens is 302 g/mol. The van der Waals surface area contributed by atoms with E-state index in [2.05, 4.69) is 4.98 Å². The Labute approximate surface area is 130 Å². The summed E-state index contributed by atoms with van der Waals surface area (Å²) in [5, 5.41) is 0. The Morgan fingerprint density at radius 1 is 1.32 bits per heavy atom. The number of imidazole rings is 1. The molecule has 1 aliphatic rings. The predicted octanol–water partition coefficient (Wildman–Crippen LogP) is 1.48. The Kier molecular flexibility index (Phi) is 4.20. The van der Waals surface area contributed by atoms with E-state index in [1.165, 1.54) is 0 Å². The summed E-state index contributed by atoms with van der Waals surface area (Å²) in [7, 11) is -3.31. The first kappa shape index (κ1) is 15.5. The average molecular weight is 323 g/mol. The maximum Gasteiger partial charge on any atom is 0.216 e. The summed E-state index contributed by atoms with van der Waals surface area (Å²) in [4.78, 5) is 4.29. The van der Waals surface area contributed by atoms with Crippen molar-refractivity contribution in [2.75, 3.05) is 18.9 Å². The number of para-hydroxylation sites is 2. The molecule has 1 aromatic carbocycles. The highest BCUT2D eigenvalue weighted by Crippen LogP contribution is 2.17. The van der Waals surface area contributed by atoms with Crippen molar-refractivity contribution in [3.05, 3.63) is 30.6 Å². The van der Waals surface area contributed by atoms with Crippen LogP contribution in [0.2, 0.25) is 0 Å². The van der Waals surface area contributed by atoms with Crippen molar-refractivity contribution >= 4 is 21.1 Å². The van der Waals surface area contributed by atoms with Crippen LogP contribution in [0.5, 0.6) is 0 Å². The fourth-order valence-corrected chi connectivity index (χ4v) is 4.49. The first-order valence-corrected chi connectivity index (χ1v) is 9.09. The van der Waals surface area contributed by atoms with E-state index in [-0.39, 0.29) is 17.9 Å². The number of ether oxygens (including phenoxy) is 1. The van der Waals surface area contributed by atoms with Gasteiger partial charge in [-0.3, -0.25) is 0 Å². The van der Waals surface area contributed by atoms with E-state index in [4.69, 9.17) is 4.74 Å². The van der Waals surface area contributed by atoms with Crippen molar-refractivity contribution in [3.63, 3.8) is 0 Å². The molecular formula is C15H21N3O3S. The number of nitrogens with zero attached hydrogens (tertiary/aromatic N) is 3. The molecule has 2 heterocycles. The second-order valence-corrected chi connectivity index (χ2v) is 7.85. The monoisotopic (exact) mass is 323 g/mol. The minimum atomic E-state index is -3.31. The standard InChI is InChI=1S/C15H21N3O3S/c1-12-10-21-13(2)9-18(12)22(19,20)8-7-17-11-16-14-5-3-4-6-15(14)17/h3-6,11-13H,7-10H2,1-2H3/t12-,13+/m1/s1. The molecule has 1 aromatic heterocycles. The van der Waals surface area contributed by atoms with E-state index < -0.39 is 10.0 Å². The smallest absolute Gasteiger partial charge is 0.216 e. The molecule has 0 bridgehead atoms. The van der Waals surface area contributed by atoms with Crippen LogP contribution in [0.3, 0.4) is 0 Å². The molecule has 0 N–H and O–H groups in total. The lowest BCUT2D eigenvalue weighted by Gasteiger charge is -2.35. The summed E-state index contributed by atoms with van der Waals surface area (Å²) in [6.07, 6.45) is 1.64. The van der Waals surface area contributed by atoms with Crippen LogP contribution >= 0.6 is 0 Å². The molecule has 1 fully saturated rings. The fraction of sp³-hybridized carbons (Fsp3) is 0.533. The van der Waals surface area contributed by atoms with Gasteiger partial charge in [0.15, 0.2) is 0 Å². The maximum atomic E-state index is 12.6. The van der Waals surface area contributed by atoms with Gasteiger partial charge in [-0.1, -0.05) is 12.1 Å². The molecule has 22 heavy (non-hydrogen) atoms. The molecule has 0 amide bonds. The van der Waals surface area contributed by atoms with Crippen LogP contribution in [0.4, 0.5) is 0 Å². The van der Waals surface area contributed by atoms with Gasteiger partial charge in [0.2, 0.25) is 10.0 Å². The lowest BCUT2D eigenvalue weighted by Crippen LogP contribution is -2.51. The second-order valence-electron chi connectivity index (χ2n) is 5.81. The van der Waals surface area contributed by atoms with Crippen molar-refractivity contribution in [2.24, 2.45) is 0 Å². The van der Waals surface area contributed by atoms with Crippen molar-refractivity contribution in [2.45, 2.75) is 32.5 Å². The number of aromatic nitrogens is 2. The quantitative estimate of drug-likeness (QED) is 0.855. The third-order valence-electron chi connectivity index (χ3n) is 4.03. The number of hydrogen-bond acceptors (Lipinski definition) is 4. The average Bonchev–Trinajstić information content (AvgIpc) is 2.91. The van der Waals surface area contributed by atoms with Gasteiger partial charge in [0.1, 0.15) is 0 Å². The number of sulfonamides is 1. The summed E-state index contributed by atoms with van der Waals surface area (Å²) in [5.41, 5.74) is 1.84. The molecule has 6 nitrogen and oxygen atoms in total. The first-order valence-electron chi connectivity index (χ1n) is 7.48. The maximum absolute atomic E-state index is 12.6. The molecule has 0 radical (unpaired) electrons. The van der Waals surface area contributed by atoms with Crippen LogP contribution in [0, 0.1) is 0 Å². The topological polar surface area (TPSA) is 64.4 Å². The lowest BCUT2D eigenvalue weighted by atomic mass is 10.2. The zero-order valence-electron chi connectivity index (χ0n) is 12.8. The molecule has 0 saturated carbocycles. The number of hydrogen-bond donors (Lipinski definition) is 0. The Balaban J connectivity index is 1.74. The number of benzene rings is 1. The summed E-state index contributed by atoms with van der Waals surface area (Å²) in [5.74, 6) is 0.0738. The van der Waals surface area contributed by atoms with Crippen LogP contribution in [-0.4, -0.2) is 53.3 Å². The molecule has 0 unspecified atom stereocenters. The number of fused-ring (bicyclic) bond motifs is 1. The number of morpholine rings is 1. The molecule has 2 aromatic rings. The van der Waals surface area contributed by atoms with Crippen molar-refractivity contribution < 1.29 is 13.2 Å². The van der Waals surface area contributed by atoms with Crippen molar-refractivity contribution in [3.8, 4) is 0 Å². The van der Waals surface area contributed by atoms with Gasteiger partial charge in [0, 0.05) is 19.1 Å². The third kappa shape index (κ3) is 3.02. The van der Waals surface area contributed by atoms with E-state index in [0.29, 0.717) is 19.7 Å². The van der Waals surface area contributed by atoms with Crippen LogP contribution in [0.25, 0.3) is 11.0 Å². The zero-order valence-corrected chi connectivity index (χ0v) is 13.7. The Hall–Kier alpha value is -1.44. The zero-order chi connectivity index (χ0) is 15.7. The van der Waals surface area contributed by atoms with E-state index in [0.717, 1.165) is 11.0 Å². The molecule has 120 valence electrons. The SMILES string of the molecule is C[C@@H]1CO[C@@H](C)CN1S(=O)(=O)CCn1cnc2ccccc21. The largest absolute Gasteiger partial charge is 0.375 e. The van der Waals surface area contributed by atoms with Gasteiger partial charge < -0.3 is 9.30 Å². The molecule has 1 saturated heterocycles. The summed E-state index contributed by atoms with van der Waals surface area (Å²) >= 11 is 0. The number of aryl methyl sites for hydroxylation is 1. The molecule has 0 spiro atoms. The van der Waals surface area contributed by atoms with Gasteiger partial charge in [-0.2, -0.15) is 4.31 Å². The Morgan fingerprint density at radius 3 is 2.91 bits per heavy atom. The summed E-state index contributed by atoms with van der Waals surface area (Å²) < 4.78 is 34.2. The van der Waals surface area contributed by atoms with Crippen LogP contribution in [0.1, 0.15) is 13.8 Å². The molecule has 0 aliphatic carbocycles. The highest BCUT2D eigenvalue weighted by atomic mass is 32.2. The minimum absolute atomic E-state index is 0.0555. The lowest BCUT2D eigenvalue weighted by molar-refractivity contribution is -0.0170. The molecule has 1 aliphatic heterocycles. The van der Waals surface area contributed by atoms with Crippen molar-refractivity contribution in [1.82, 2.24) is 13.9 Å². The number of rotatable bonds is 4. The van der Waals surface area contributed by atoms with Gasteiger partial charge in [-0.15, -0.1) is 0 Å². The third-order valence-corrected chi connectivity index (χ3v) is 5.95. The minimum Gasteiger partial charge on any atom is -0.375 e.